The molecule has 0 radical (unpaired) electrons. The lowest BCUT2D eigenvalue weighted by Gasteiger charge is -2.13. The Balaban J connectivity index is 1.27. The van der Waals surface area contributed by atoms with Gasteiger partial charge >= 0.3 is 6.03 Å². The second-order valence-electron chi connectivity index (χ2n) is 6.67. The summed E-state index contributed by atoms with van der Waals surface area (Å²) in [6, 6.07) is 6.23. The summed E-state index contributed by atoms with van der Waals surface area (Å²) in [4.78, 5) is 11.8. The van der Waals surface area contributed by atoms with E-state index in [9.17, 15) is 4.79 Å². The first-order valence-electron chi connectivity index (χ1n) is 9.25. The molecule has 24 heavy (non-hydrogen) atoms. The van der Waals surface area contributed by atoms with E-state index in [-0.39, 0.29) is 6.03 Å². The Morgan fingerprint density at radius 3 is 2.75 bits per heavy atom. The fourth-order valence-corrected chi connectivity index (χ4v) is 3.50. The molecule has 0 unspecified atom stereocenters. The first-order chi connectivity index (χ1) is 11.8. The molecule has 0 saturated carbocycles. The Morgan fingerprint density at radius 1 is 1.00 bits per heavy atom. The number of ether oxygens (including phenoxy) is 1. The van der Waals surface area contributed by atoms with Crippen molar-refractivity contribution in [2.24, 2.45) is 0 Å². The minimum absolute atomic E-state index is 0.107. The Bertz CT molecular complexity index is 595. The smallest absolute Gasteiger partial charge is 0.314 e. The van der Waals surface area contributed by atoms with Crippen LogP contribution in [0.15, 0.2) is 29.8 Å². The third kappa shape index (κ3) is 5.02. The molecule has 130 valence electrons. The maximum Gasteiger partial charge on any atom is 0.314 e. The van der Waals surface area contributed by atoms with Gasteiger partial charge < -0.3 is 15.4 Å². The normalized spacial score (nSPS) is 16.2. The lowest BCUT2D eigenvalue weighted by Crippen LogP contribution is -2.38. The molecule has 2 aliphatic rings. The lowest BCUT2D eigenvalue weighted by atomic mass is 9.97. The zero-order chi connectivity index (χ0) is 16.6. The van der Waals surface area contributed by atoms with Crippen molar-refractivity contribution >= 4 is 6.03 Å². The molecule has 2 aliphatic carbocycles. The van der Waals surface area contributed by atoms with E-state index in [4.69, 9.17) is 4.74 Å². The van der Waals surface area contributed by atoms with Crippen molar-refractivity contribution in [3.63, 3.8) is 0 Å². The number of hydrogen-bond donors (Lipinski definition) is 2. The molecule has 0 spiro atoms. The van der Waals surface area contributed by atoms with Crippen LogP contribution in [-0.2, 0) is 12.8 Å². The summed E-state index contributed by atoms with van der Waals surface area (Å²) in [6.45, 7) is 1.73. The zero-order valence-electron chi connectivity index (χ0n) is 14.4. The molecule has 0 heterocycles. The maximum atomic E-state index is 11.8. The summed E-state index contributed by atoms with van der Waals surface area (Å²) in [5, 5.41) is 5.76. The molecule has 4 heteroatoms. The monoisotopic (exact) mass is 328 g/mol. The molecule has 0 aromatic heterocycles. The van der Waals surface area contributed by atoms with Crippen molar-refractivity contribution in [3.05, 3.63) is 41.0 Å². The topological polar surface area (TPSA) is 50.4 Å². The minimum atomic E-state index is -0.107. The van der Waals surface area contributed by atoms with Gasteiger partial charge in [-0.1, -0.05) is 17.7 Å². The molecular weight excluding hydrogens is 300 g/mol. The summed E-state index contributed by atoms with van der Waals surface area (Å²) >= 11 is 0. The Labute approximate surface area is 144 Å². The van der Waals surface area contributed by atoms with Crippen LogP contribution in [0.25, 0.3) is 0 Å². The van der Waals surface area contributed by atoms with E-state index in [0.717, 1.165) is 18.6 Å². The number of carbonyl (C=O) groups is 1. The zero-order valence-corrected chi connectivity index (χ0v) is 14.4. The SMILES string of the molecule is O=C(NCCOc1ccc2c(c1)CCC2)NCCC1=CCCCC1. The lowest BCUT2D eigenvalue weighted by molar-refractivity contribution is 0.236. The number of amides is 2. The number of fused-ring (bicyclic) bond motifs is 1. The van der Waals surface area contributed by atoms with Crippen LogP contribution in [0.1, 0.15) is 49.7 Å². The van der Waals surface area contributed by atoms with Gasteiger partial charge in [0.05, 0.1) is 6.54 Å². The Morgan fingerprint density at radius 2 is 1.88 bits per heavy atom. The highest BCUT2D eigenvalue weighted by molar-refractivity contribution is 5.73. The van der Waals surface area contributed by atoms with Gasteiger partial charge in [-0.2, -0.15) is 0 Å². The third-order valence-electron chi connectivity index (χ3n) is 4.84. The number of rotatable bonds is 7. The minimum Gasteiger partial charge on any atom is -0.492 e. The van der Waals surface area contributed by atoms with Crippen LogP contribution < -0.4 is 15.4 Å². The van der Waals surface area contributed by atoms with Crippen molar-refractivity contribution in [3.8, 4) is 5.75 Å². The first-order valence-corrected chi connectivity index (χ1v) is 9.25. The van der Waals surface area contributed by atoms with E-state index < -0.39 is 0 Å². The summed E-state index contributed by atoms with van der Waals surface area (Å²) in [7, 11) is 0. The van der Waals surface area contributed by atoms with Crippen LogP contribution in [0.2, 0.25) is 0 Å². The van der Waals surface area contributed by atoms with Gasteiger partial charge in [-0.15, -0.1) is 0 Å². The number of hydrogen-bond acceptors (Lipinski definition) is 2. The van der Waals surface area contributed by atoms with Crippen LogP contribution in [0.5, 0.6) is 5.75 Å². The van der Waals surface area contributed by atoms with Gasteiger partial charge in [0.1, 0.15) is 12.4 Å². The van der Waals surface area contributed by atoms with Gasteiger partial charge in [0.2, 0.25) is 0 Å². The molecule has 0 aliphatic heterocycles. The van der Waals surface area contributed by atoms with Crippen LogP contribution in [0.4, 0.5) is 4.79 Å². The van der Waals surface area contributed by atoms with Gasteiger partial charge in [-0.25, -0.2) is 4.79 Å². The summed E-state index contributed by atoms with van der Waals surface area (Å²) in [5.41, 5.74) is 4.35. The largest absolute Gasteiger partial charge is 0.492 e. The highest BCUT2D eigenvalue weighted by Crippen LogP contribution is 2.25. The Hall–Kier alpha value is -1.97. The van der Waals surface area contributed by atoms with Crippen LogP contribution in [0, 0.1) is 0 Å². The Kier molecular flexibility index (Phi) is 6.16. The summed E-state index contributed by atoms with van der Waals surface area (Å²) in [6.07, 6.45) is 11.9. The van der Waals surface area contributed by atoms with Crippen molar-refractivity contribution in [1.29, 1.82) is 0 Å². The van der Waals surface area contributed by atoms with Crippen molar-refractivity contribution in [1.82, 2.24) is 10.6 Å². The molecule has 2 amide bonds. The standard InChI is InChI=1S/C20H28N2O2/c23-20(21-12-11-16-5-2-1-3-6-16)22-13-14-24-19-10-9-17-7-4-8-18(17)15-19/h5,9-10,15H,1-4,6-8,11-14H2,(H2,21,22,23). The molecule has 4 nitrogen and oxygen atoms in total. The van der Waals surface area contributed by atoms with E-state index in [1.54, 1.807) is 0 Å². The predicted molar refractivity (Wildman–Crippen MR) is 96.5 cm³/mol. The van der Waals surface area contributed by atoms with Crippen LogP contribution in [-0.4, -0.2) is 25.7 Å². The predicted octanol–water partition coefficient (Wildman–Crippen LogP) is 3.74. The number of benzene rings is 1. The molecule has 0 saturated heterocycles. The fourth-order valence-electron chi connectivity index (χ4n) is 3.50. The molecule has 0 atom stereocenters. The quantitative estimate of drug-likeness (QED) is 0.592. The summed E-state index contributed by atoms with van der Waals surface area (Å²) in [5.74, 6) is 0.905. The van der Waals surface area contributed by atoms with Gasteiger partial charge in [0, 0.05) is 6.54 Å². The molecule has 0 bridgehead atoms. The van der Waals surface area contributed by atoms with Gasteiger partial charge in [-0.3, -0.25) is 0 Å². The van der Waals surface area contributed by atoms with E-state index >= 15 is 0 Å². The van der Waals surface area contributed by atoms with Gasteiger partial charge in [0.15, 0.2) is 0 Å². The number of nitrogens with one attached hydrogen (secondary N) is 2. The fraction of sp³-hybridized carbons (Fsp3) is 0.550. The van der Waals surface area contributed by atoms with E-state index in [0.29, 0.717) is 19.7 Å². The van der Waals surface area contributed by atoms with Gasteiger partial charge in [0.25, 0.3) is 0 Å². The number of urea groups is 1. The number of carbonyl (C=O) groups excluding carboxylic acids is 1. The molecule has 0 fully saturated rings. The number of allylic oxidation sites excluding steroid dienone is 1. The molecule has 1 aromatic rings. The van der Waals surface area contributed by atoms with Crippen molar-refractivity contribution in [2.45, 2.75) is 51.4 Å². The van der Waals surface area contributed by atoms with E-state index in [1.165, 1.54) is 55.2 Å². The van der Waals surface area contributed by atoms with Crippen molar-refractivity contribution < 1.29 is 9.53 Å². The summed E-state index contributed by atoms with van der Waals surface area (Å²) < 4.78 is 5.73. The average molecular weight is 328 g/mol. The molecule has 1 aromatic carbocycles. The van der Waals surface area contributed by atoms with Gasteiger partial charge in [-0.05, 0) is 74.6 Å². The number of aryl methyl sites for hydroxylation is 2. The van der Waals surface area contributed by atoms with Crippen LogP contribution >= 0.6 is 0 Å². The highest BCUT2D eigenvalue weighted by atomic mass is 16.5. The molecule has 2 N–H and O–H groups in total. The molecular formula is C20H28N2O2. The van der Waals surface area contributed by atoms with Crippen LogP contribution in [0.3, 0.4) is 0 Å². The highest BCUT2D eigenvalue weighted by Gasteiger charge is 2.11. The van der Waals surface area contributed by atoms with Crippen molar-refractivity contribution in [2.75, 3.05) is 19.7 Å². The first kappa shape index (κ1) is 16.9. The molecule has 3 rings (SSSR count). The second-order valence-corrected chi connectivity index (χ2v) is 6.67. The average Bonchev–Trinajstić information content (AvgIpc) is 3.07. The second kappa shape index (κ2) is 8.76. The maximum absolute atomic E-state index is 11.8. The van der Waals surface area contributed by atoms with E-state index in [2.05, 4.69) is 28.8 Å². The third-order valence-corrected chi connectivity index (χ3v) is 4.84. The van der Waals surface area contributed by atoms with E-state index in [1.807, 2.05) is 6.07 Å².